The summed E-state index contributed by atoms with van der Waals surface area (Å²) in [5.74, 6) is 0.928. The summed E-state index contributed by atoms with van der Waals surface area (Å²) in [6, 6.07) is 39.2. The van der Waals surface area contributed by atoms with Crippen LogP contribution in [0.3, 0.4) is 0 Å². The summed E-state index contributed by atoms with van der Waals surface area (Å²) < 4.78 is 24.8. The molecule has 0 aliphatic rings. The molecule has 2 heterocycles. The third kappa shape index (κ3) is 7.77. The topological polar surface area (TPSA) is 44.7 Å². The Kier molecular flexibility index (Phi) is 11.3. The lowest BCUT2D eigenvalue weighted by atomic mass is 9.97. The zero-order valence-electron chi connectivity index (χ0n) is 31.9. The number of hydrogen-bond acceptors (Lipinski definition) is 4. The lowest BCUT2D eigenvalue weighted by molar-refractivity contribution is 0.127. The van der Waals surface area contributed by atoms with E-state index in [9.17, 15) is 0 Å². The van der Waals surface area contributed by atoms with Gasteiger partial charge >= 0.3 is 0 Å². The van der Waals surface area contributed by atoms with Crippen molar-refractivity contribution < 1.29 is 18.3 Å². The van der Waals surface area contributed by atoms with Crippen LogP contribution in [-0.4, -0.2) is 19.8 Å². The number of ether oxygens (including phenoxy) is 2. The van der Waals surface area contributed by atoms with E-state index in [0.717, 1.165) is 118 Å². The highest BCUT2D eigenvalue weighted by Gasteiger charge is 2.17. The molecule has 0 radical (unpaired) electrons. The Morgan fingerprint density at radius 3 is 1.52 bits per heavy atom. The first kappa shape index (κ1) is 35.9. The fourth-order valence-electron chi connectivity index (χ4n) is 7.88. The minimum Gasteiger partial charge on any atom is -0.494 e. The summed E-state index contributed by atoms with van der Waals surface area (Å²) in [7, 11) is 0. The van der Waals surface area contributed by atoms with Crippen LogP contribution in [0, 0.1) is 0 Å². The average Bonchev–Trinajstić information content (AvgIpc) is 3.78. The molecule has 8 aromatic rings. The summed E-state index contributed by atoms with van der Waals surface area (Å²) in [6.07, 6.45) is 13.3. The average molecular weight is 717 g/mol. The van der Waals surface area contributed by atoms with Gasteiger partial charge in [-0.1, -0.05) is 101 Å². The van der Waals surface area contributed by atoms with Crippen molar-refractivity contribution in [2.75, 3.05) is 19.8 Å². The zero-order valence-corrected chi connectivity index (χ0v) is 31.9. The molecule has 0 saturated carbocycles. The fourth-order valence-corrected chi connectivity index (χ4v) is 7.88. The van der Waals surface area contributed by atoms with E-state index in [1.807, 2.05) is 0 Å². The quantitative estimate of drug-likeness (QED) is 0.0829. The fraction of sp³-hybridized carbons (Fsp3) is 0.320. The summed E-state index contributed by atoms with van der Waals surface area (Å²) in [5, 5.41) is 6.89. The van der Waals surface area contributed by atoms with Crippen LogP contribution in [0.25, 0.3) is 76.9 Å². The lowest BCUT2D eigenvalue weighted by Crippen LogP contribution is -1.97. The van der Waals surface area contributed by atoms with Gasteiger partial charge in [0.15, 0.2) is 0 Å². The number of rotatable bonds is 18. The smallest absolute Gasteiger partial charge is 0.136 e. The number of benzene rings is 6. The molecule has 0 bridgehead atoms. The Morgan fingerprint density at radius 1 is 0.407 bits per heavy atom. The van der Waals surface area contributed by atoms with E-state index < -0.39 is 0 Å². The van der Waals surface area contributed by atoms with E-state index >= 15 is 0 Å². The van der Waals surface area contributed by atoms with Crippen LogP contribution in [0.1, 0.15) is 83.6 Å². The Morgan fingerprint density at radius 2 is 0.907 bits per heavy atom. The molecule has 0 atom stereocenters. The van der Waals surface area contributed by atoms with E-state index in [1.165, 1.54) is 60.4 Å². The molecule has 0 spiro atoms. The maximum absolute atomic E-state index is 6.50. The van der Waals surface area contributed by atoms with E-state index in [1.54, 1.807) is 0 Å². The Balaban J connectivity index is 0.996. The molecule has 8 rings (SSSR count). The van der Waals surface area contributed by atoms with Crippen molar-refractivity contribution in [2.45, 2.75) is 84.5 Å². The van der Waals surface area contributed by atoms with Gasteiger partial charge in [0.25, 0.3) is 0 Å². The van der Waals surface area contributed by atoms with Gasteiger partial charge in [-0.2, -0.15) is 0 Å². The first-order valence-electron chi connectivity index (χ1n) is 20.3. The van der Waals surface area contributed by atoms with Crippen molar-refractivity contribution in [3.63, 3.8) is 0 Å². The normalized spacial score (nSPS) is 11.9. The van der Waals surface area contributed by atoms with E-state index in [-0.39, 0.29) is 0 Å². The standard InChI is InChI=1S/C50H52O4/c1-3-5-7-8-9-11-32-52-40-22-18-37(19-23-40)39-21-25-44-48(34-39)54-46-29-27-41-42(50(44)46)26-28-45-49(41)43-24-20-38(33-47(43)53-45)36-16-14-35(15-17-36)13-10-12-31-51-30-6-4-2/h14-29,33-34H,3-13,30-32H2,1-2H3. The summed E-state index contributed by atoms with van der Waals surface area (Å²) in [5.41, 5.74) is 9.61. The predicted molar refractivity (Wildman–Crippen MR) is 227 cm³/mol. The van der Waals surface area contributed by atoms with Crippen LogP contribution in [0.4, 0.5) is 0 Å². The third-order valence-electron chi connectivity index (χ3n) is 11.0. The second-order valence-electron chi connectivity index (χ2n) is 14.9. The molecule has 0 fully saturated rings. The molecule has 0 saturated heterocycles. The van der Waals surface area contributed by atoms with Gasteiger partial charge in [-0.15, -0.1) is 0 Å². The number of aryl methyl sites for hydroxylation is 1. The molecule has 0 unspecified atom stereocenters. The molecule has 0 N–H and O–H groups in total. The summed E-state index contributed by atoms with van der Waals surface area (Å²) >= 11 is 0. The van der Waals surface area contributed by atoms with Gasteiger partial charge in [-0.05, 0) is 131 Å². The first-order valence-corrected chi connectivity index (χ1v) is 20.3. The molecule has 4 nitrogen and oxygen atoms in total. The van der Waals surface area contributed by atoms with Crippen molar-refractivity contribution in [3.8, 4) is 28.0 Å². The molecular formula is C50H52O4. The van der Waals surface area contributed by atoms with Crippen LogP contribution in [0.15, 0.2) is 118 Å². The van der Waals surface area contributed by atoms with Crippen LogP contribution in [-0.2, 0) is 11.2 Å². The van der Waals surface area contributed by atoms with Gasteiger partial charge in [0.1, 0.15) is 28.1 Å². The molecule has 6 aromatic carbocycles. The second kappa shape index (κ2) is 17.0. The molecule has 276 valence electrons. The van der Waals surface area contributed by atoms with E-state index in [0.29, 0.717) is 0 Å². The molecule has 2 aromatic heterocycles. The highest BCUT2D eigenvalue weighted by molar-refractivity contribution is 6.27. The van der Waals surface area contributed by atoms with Gasteiger partial charge in [-0.3, -0.25) is 0 Å². The SMILES string of the molecule is CCCCCCCCOc1ccc(-c2ccc3c(c2)oc2ccc4c(ccc5oc6cc(-c7ccc(CCCCOCCCC)cc7)ccc6c54)c23)cc1. The van der Waals surface area contributed by atoms with Crippen molar-refractivity contribution in [2.24, 2.45) is 0 Å². The maximum Gasteiger partial charge on any atom is 0.136 e. The van der Waals surface area contributed by atoms with Crippen molar-refractivity contribution in [1.82, 2.24) is 0 Å². The zero-order chi connectivity index (χ0) is 36.7. The van der Waals surface area contributed by atoms with Crippen molar-refractivity contribution in [1.29, 1.82) is 0 Å². The largest absolute Gasteiger partial charge is 0.494 e. The summed E-state index contributed by atoms with van der Waals surface area (Å²) in [4.78, 5) is 0. The monoisotopic (exact) mass is 716 g/mol. The van der Waals surface area contributed by atoms with E-state index in [2.05, 4.69) is 123 Å². The Hall–Kier alpha value is -5.06. The van der Waals surface area contributed by atoms with Crippen LogP contribution in [0.2, 0.25) is 0 Å². The molecule has 0 amide bonds. The first-order chi connectivity index (χ1) is 26.7. The van der Waals surface area contributed by atoms with Gasteiger partial charge in [-0.25, -0.2) is 0 Å². The van der Waals surface area contributed by atoms with Crippen LogP contribution in [0.5, 0.6) is 5.75 Å². The van der Waals surface area contributed by atoms with Crippen molar-refractivity contribution in [3.05, 3.63) is 115 Å². The molecule has 0 aliphatic heterocycles. The highest BCUT2D eigenvalue weighted by Crippen LogP contribution is 2.42. The number of fused-ring (bicyclic) bond motifs is 9. The van der Waals surface area contributed by atoms with Gasteiger partial charge in [0.2, 0.25) is 0 Å². The van der Waals surface area contributed by atoms with Crippen molar-refractivity contribution >= 4 is 54.6 Å². The number of furan rings is 2. The second-order valence-corrected chi connectivity index (χ2v) is 14.9. The highest BCUT2D eigenvalue weighted by atomic mass is 16.5. The minimum absolute atomic E-state index is 0.775. The Labute approximate surface area is 319 Å². The predicted octanol–water partition coefficient (Wildman–Crippen LogP) is 14.9. The number of hydrogen-bond donors (Lipinski definition) is 0. The van der Waals surface area contributed by atoms with Crippen LogP contribution < -0.4 is 4.74 Å². The lowest BCUT2D eigenvalue weighted by Gasteiger charge is -2.08. The molecule has 54 heavy (non-hydrogen) atoms. The Bertz CT molecular complexity index is 2290. The third-order valence-corrected chi connectivity index (χ3v) is 11.0. The summed E-state index contributed by atoms with van der Waals surface area (Å²) in [6.45, 7) is 6.98. The molecule has 4 heteroatoms. The van der Waals surface area contributed by atoms with Gasteiger partial charge < -0.3 is 18.3 Å². The number of unbranched alkanes of at least 4 members (excludes halogenated alkanes) is 7. The van der Waals surface area contributed by atoms with Gasteiger partial charge in [0.05, 0.1) is 6.61 Å². The molecule has 0 aliphatic carbocycles. The van der Waals surface area contributed by atoms with E-state index in [4.69, 9.17) is 18.3 Å². The van der Waals surface area contributed by atoms with Crippen LogP contribution >= 0.6 is 0 Å². The molecular weight excluding hydrogens is 665 g/mol. The minimum atomic E-state index is 0.775. The van der Waals surface area contributed by atoms with Gasteiger partial charge in [0, 0.05) is 34.8 Å². The maximum atomic E-state index is 6.50.